The summed E-state index contributed by atoms with van der Waals surface area (Å²) in [5.41, 5.74) is 3.90. The number of benzene rings is 1. The minimum Gasteiger partial charge on any atom is -0.328 e. The lowest BCUT2D eigenvalue weighted by molar-refractivity contribution is 0.771. The van der Waals surface area contributed by atoms with E-state index in [2.05, 4.69) is 34.7 Å². The Balaban J connectivity index is 2.29. The van der Waals surface area contributed by atoms with Crippen LogP contribution in [0.2, 0.25) is 0 Å². The number of fused-ring (bicyclic) bond motifs is 3. The zero-order chi connectivity index (χ0) is 9.54. The smallest absolute Gasteiger partial charge is 0.109 e. The monoisotopic (exact) mass is 186 g/mol. The van der Waals surface area contributed by atoms with E-state index in [0.29, 0.717) is 0 Å². The Morgan fingerprint density at radius 2 is 2.36 bits per heavy atom. The first-order valence-electron chi connectivity index (χ1n) is 5.36. The highest BCUT2D eigenvalue weighted by atomic mass is 15.1. The van der Waals surface area contributed by atoms with Crippen molar-refractivity contribution in [3.63, 3.8) is 0 Å². The van der Waals surface area contributed by atoms with Gasteiger partial charge in [-0.1, -0.05) is 13.0 Å². The molecule has 2 heteroatoms. The molecule has 0 atom stereocenters. The molecule has 0 unspecified atom stereocenters. The van der Waals surface area contributed by atoms with E-state index in [1.807, 2.05) is 0 Å². The summed E-state index contributed by atoms with van der Waals surface area (Å²) in [5, 5.41) is 0. The Labute approximate surface area is 83.6 Å². The van der Waals surface area contributed by atoms with E-state index in [4.69, 9.17) is 0 Å². The zero-order valence-electron chi connectivity index (χ0n) is 8.45. The van der Waals surface area contributed by atoms with Crippen LogP contribution in [0.4, 0.5) is 0 Å². The number of nitrogens with zero attached hydrogens (tertiary/aromatic N) is 2. The first kappa shape index (κ1) is 8.04. The van der Waals surface area contributed by atoms with E-state index >= 15 is 0 Å². The summed E-state index contributed by atoms with van der Waals surface area (Å²) in [5.74, 6) is 1.27. The van der Waals surface area contributed by atoms with Crippen molar-refractivity contribution in [2.24, 2.45) is 0 Å². The van der Waals surface area contributed by atoms with Crippen LogP contribution in [0.5, 0.6) is 0 Å². The van der Waals surface area contributed by atoms with Crippen molar-refractivity contribution in [1.29, 1.82) is 0 Å². The van der Waals surface area contributed by atoms with Crippen LogP contribution in [0.25, 0.3) is 11.0 Å². The zero-order valence-corrected chi connectivity index (χ0v) is 8.45. The second-order valence-electron chi connectivity index (χ2n) is 3.96. The summed E-state index contributed by atoms with van der Waals surface area (Å²) in [4.78, 5) is 4.63. The van der Waals surface area contributed by atoms with Crippen LogP contribution in [0.3, 0.4) is 0 Å². The number of hydrogen-bond donors (Lipinski definition) is 0. The van der Waals surface area contributed by atoms with E-state index in [9.17, 15) is 0 Å². The van der Waals surface area contributed by atoms with E-state index in [1.54, 1.807) is 0 Å². The van der Waals surface area contributed by atoms with E-state index in [0.717, 1.165) is 24.9 Å². The van der Waals surface area contributed by atoms with Gasteiger partial charge in [0.15, 0.2) is 0 Å². The van der Waals surface area contributed by atoms with Crippen LogP contribution in [0, 0.1) is 0 Å². The van der Waals surface area contributed by atoms with Gasteiger partial charge in [-0.05, 0) is 30.5 Å². The Morgan fingerprint density at radius 1 is 1.43 bits per heavy atom. The SMILES string of the molecule is CCc1ccc2nc3n(c2c1)CCC3. The highest BCUT2D eigenvalue weighted by Crippen LogP contribution is 2.23. The second-order valence-corrected chi connectivity index (χ2v) is 3.96. The van der Waals surface area contributed by atoms with Gasteiger partial charge in [0.1, 0.15) is 5.82 Å². The third kappa shape index (κ3) is 0.999. The Morgan fingerprint density at radius 3 is 3.21 bits per heavy atom. The topological polar surface area (TPSA) is 17.8 Å². The molecule has 2 aromatic rings. The number of rotatable bonds is 1. The fraction of sp³-hybridized carbons (Fsp3) is 0.417. The van der Waals surface area contributed by atoms with Crippen LogP contribution >= 0.6 is 0 Å². The largest absolute Gasteiger partial charge is 0.328 e. The summed E-state index contributed by atoms with van der Waals surface area (Å²) in [6.45, 7) is 3.35. The molecule has 3 rings (SSSR count). The molecule has 0 bridgehead atoms. The molecule has 14 heavy (non-hydrogen) atoms. The summed E-state index contributed by atoms with van der Waals surface area (Å²) in [6.07, 6.45) is 3.52. The molecule has 1 aromatic carbocycles. The molecule has 0 aliphatic carbocycles. The fourth-order valence-corrected chi connectivity index (χ4v) is 2.27. The maximum Gasteiger partial charge on any atom is 0.109 e. The molecule has 0 saturated carbocycles. The highest BCUT2D eigenvalue weighted by Gasteiger charge is 2.15. The van der Waals surface area contributed by atoms with Crippen LogP contribution in [0.1, 0.15) is 24.7 Å². The van der Waals surface area contributed by atoms with Crippen LogP contribution < -0.4 is 0 Å². The van der Waals surface area contributed by atoms with Gasteiger partial charge in [-0.3, -0.25) is 0 Å². The molecule has 2 nitrogen and oxygen atoms in total. The molecule has 0 radical (unpaired) electrons. The molecule has 0 saturated heterocycles. The van der Waals surface area contributed by atoms with Gasteiger partial charge in [-0.2, -0.15) is 0 Å². The van der Waals surface area contributed by atoms with Gasteiger partial charge in [0.05, 0.1) is 11.0 Å². The number of hydrogen-bond acceptors (Lipinski definition) is 1. The normalized spacial score (nSPS) is 14.9. The maximum atomic E-state index is 4.63. The van der Waals surface area contributed by atoms with Gasteiger partial charge in [0, 0.05) is 13.0 Å². The fourth-order valence-electron chi connectivity index (χ4n) is 2.27. The van der Waals surface area contributed by atoms with E-state index in [1.165, 1.54) is 23.3 Å². The molecule has 0 fully saturated rings. The summed E-state index contributed by atoms with van der Waals surface area (Å²) in [6, 6.07) is 6.63. The summed E-state index contributed by atoms with van der Waals surface area (Å²) < 4.78 is 2.37. The quantitative estimate of drug-likeness (QED) is 0.669. The first-order valence-corrected chi connectivity index (χ1v) is 5.36. The Hall–Kier alpha value is -1.31. The average Bonchev–Trinajstić information content (AvgIpc) is 2.76. The van der Waals surface area contributed by atoms with Crippen molar-refractivity contribution in [3.8, 4) is 0 Å². The van der Waals surface area contributed by atoms with Crippen molar-refractivity contribution in [2.75, 3.05) is 0 Å². The summed E-state index contributed by atoms with van der Waals surface area (Å²) >= 11 is 0. The van der Waals surface area contributed by atoms with Gasteiger partial charge >= 0.3 is 0 Å². The van der Waals surface area contributed by atoms with Gasteiger partial charge in [-0.25, -0.2) is 4.98 Å². The average molecular weight is 186 g/mol. The minimum atomic E-state index is 1.11. The molecule has 0 amide bonds. The lowest BCUT2D eigenvalue weighted by Crippen LogP contribution is -1.91. The van der Waals surface area contributed by atoms with E-state index < -0.39 is 0 Å². The van der Waals surface area contributed by atoms with Crippen molar-refractivity contribution < 1.29 is 0 Å². The second kappa shape index (κ2) is 2.84. The Bertz CT molecular complexity index is 482. The van der Waals surface area contributed by atoms with Gasteiger partial charge in [0.25, 0.3) is 0 Å². The Kier molecular flexibility index (Phi) is 1.63. The predicted octanol–water partition coefficient (Wildman–Crippen LogP) is 2.54. The van der Waals surface area contributed by atoms with Gasteiger partial charge in [0.2, 0.25) is 0 Å². The minimum absolute atomic E-state index is 1.11. The standard InChI is InChI=1S/C12H14N2/c1-2-9-5-6-10-11(8-9)14-7-3-4-12(14)13-10/h5-6,8H,2-4,7H2,1H3. The van der Waals surface area contributed by atoms with Gasteiger partial charge < -0.3 is 4.57 Å². The molecule has 0 N–H and O–H groups in total. The lowest BCUT2D eigenvalue weighted by Gasteiger charge is -2.00. The molecular weight excluding hydrogens is 172 g/mol. The van der Waals surface area contributed by atoms with E-state index in [-0.39, 0.29) is 0 Å². The maximum absolute atomic E-state index is 4.63. The van der Waals surface area contributed by atoms with Crippen molar-refractivity contribution >= 4 is 11.0 Å². The molecule has 0 spiro atoms. The van der Waals surface area contributed by atoms with Crippen LogP contribution in [-0.4, -0.2) is 9.55 Å². The molecule has 1 aliphatic heterocycles. The molecule has 1 aromatic heterocycles. The third-order valence-electron chi connectivity index (χ3n) is 3.08. The summed E-state index contributed by atoms with van der Waals surface area (Å²) in [7, 11) is 0. The van der Waals surface area contributed by atoms with Crippen LogP contribution in [0.15, 0.2) is 18.2 Å². The van der Waals surface area contributed by atoms with Crippen molar-refractivity contribution in [2.45, 2.75) is 32.7 Å². The molecule has 1 aliphatic rings. The molecule has 72 valence electrons. The van der Waals surface area contributed by atoms with Gasteiger partial charge in [-0.15, -0.1) is 0 Å². The molecular formula is C12H14N2. The highest BCUT2D eigenvalue weighted by molar-refractivity contribution is 5.77. The number of imidazole rings is 1. The number of aromatic nitrogens is 2. The van der Waals surface area contributed by atoms with Crippen LogP contribution in [-0.2, 0) is 19.4 Å². The predicted molar refractivity (Wildman–Crippen MR) is 57.4 cm³/mol. The van der Waals surface area contributed by atoms with Crippen molar-refractivity contribution in [1.82, 2.24) is 9.55 Å². The third-order valence-corrected chi connectivity index (χ3v) is 3.08. The number of aryl methyl sites for hydroxylation is 3. The molecule has 2 heterocycles. The first-order chi connectivity index (χ1) is 6.88. The lowest BCUT2D eigenvalue weighted by atomic mass is 10.1. The van der Waals surface area contributed by atoms with Crippen molar-refractivity contribution in [3.05, 3.63) is 29.6 Å².